The van der Waals surface area contributed by atoms with E-state index in [0.717, 1.165) is 27.6 Å². The number of sulfonamides is 1. The molecule has 2 N–H and O–H groups in total. The van der Waals surface area contributed by atoms with Crippen molar-refractivity contribution in [3.05, 3.63) is 53.5 Å². The number of carbonyl (C=O) groups is 2. The zero-order valence-electron chi connectivity index (χ0n) is 17.4. The van der Waals surface area contributed by atoms with Gasteiger partial charge in [-0.05, 0) is 23.3 Å². The van der Waals surface area contributed by atoms with E-state index in [1.165, 1.54) is 11.3 Å². The van der Waals surface area contributed by atoms with Crippen LogP contribution >= 0.6 is 11.3 Å². The minimum atomic E-state index is -3.44. The van der Waals surface area contributed by atoms with E-state index in [9.17, 15) is 18.0 Å². The summed E-state index contributed by atoms with van der Waals surface area (Å²) in [7, 11) is -3.44. The number of ketones is 1. The molecule has 10 heteroatoms. The summed E-state index contributed by atoms with van der Waals surface area (Å²) in [6.45, 7) is -0.370. The first-order valence-corrected chi connectivity index (χ1v) is 12.5. The number of benzene rings is 2. The lowest BCUT2D eigenvalue weighted by Crippen LogP contribution is -2.33. The zero-order valence-corrected chi connectivity index (χ0v) is 19.0. The molecular formula is C22H22N4O4S2. The van der Waals surface area contributed by atoms with Gasteiger partial charge < -0.3 is 5.32 Å². The van der Waals surface area contributed by atoms with Gasteiger partial charge in [-0.15, -0.1) is 11.3 Å². The minimum Gasteiger partial charge on any atom is -0.349 e. The summed E-state index contributed by atoms with van der Waals surface area (Å²) in [4.78, 5) is 28.8. The van der Waals surface area contributed by atoms with Crippen molar-refractivity contribution in [2.24, 2.45) is 5.92 Å². The summed E-state index contributed by atoms with van der Waals surface area (Å²) in [5.41, 5.74) is 2.98. The maximum absolute atomic E-state index is 12.2. The van der Waals surface area contributed by atoms with Crippen LogP contribution in [0.4, 0.5) is 0 Å². The lowest BCUT2D eigenvalue weighted by atomic mass is 10.0. The van der Waals surface area contributed by atoms with Crippen LogP contribution in [0, 0.1) is 17.2 Å². The molecule has 166 valence electrons. The predicted molar refractivity (Wildman–Crippen MR) is 123 cm³/mol. The first-order chi connectivity index (χ1) is 15.2. The van der Waals surface area contributed by atoms with E-state index >= 15 is 0 Å². The molecule has 8 nitrogen and oxygen atoms in total. The number of thiazole rings is 1. The first-order valence-electron chi connectivity index (χ1n) is 9.81. The van der Waals surface area contributed by atoms with Gasteiger partial charge in [0.2, 0.25) is 15.9 Å². The Bertz CT molecular complexity index is 1260. The maximum Gasteiger partial charge on any atom is 0.227 e. The molecule has 0 radical (unpaired) electrons. The molecule has 0 saturated heterocycles. The van der Waals surface area contributed by atoms with Crippen LogP contribution in [0.15, 0.2) is 48.5 Å². The maximum atomic E-state index is 12.2. The summed E-state index contributed by atoms with van der Waals surface area (Å²) in [6, 6.07) is 17.8. The van der Waals surface area contributed by atoms with E-state index in [-0.39, 0.29) is 37.6 Å². The van der Waals surface area contributed by atoms with E-state index in [1.54, 1.807) is 0 Å². The molecule has 0 fully saturated rings. The molecule has 0 bridgehead atoms. The molecule has 0 aliphatic carbocycles. The normalized spacial score (nSPS) is 12.2. The van der Waals surface area contributed by atoms with Gasteiger partial charge in [0.25, 0.3) is 0 Å². The third-order valence-corrected chi connectivity index (χ3v) is 6.29. The molecule has 0 aliphatic rings. The Labute approximate surface area is 190 Å². The van der Waals surface area contributed by atoms with Crippen molar-refractivity contribution in [1.29, 1.82) is 5.26 Å². The van der Waals surface area contributed by atoms with Gasteiger partial charge in [0.1, 0.15) is 5.01 Å². The second-order valence-electron chi connectivity index (χ2n) is 7.30. The molecule has 3 rings (SSSR count). The number of amides is 1. The van der Waals surface area contributed by atoms with E-state index in [1.807, 2.05) is 54.6 Å². The molecule has 0 aliphatic heterocycles. The van der Waals surface area contributed by atoms with Crippen LogP contribution in [0.25, 0.3) is 21.3 Å². The summed E-state index contributed by atoms with van der Waals surface area (Å²) in [5.74, 6) is -1.49. The molecule has 0 saturated carbocycles. The molecule has 32 heavy (non-hydrogen) atoms. The van der Waals surface area contributed by atoms with Gasteiger partial charge in [-0.2, -0.15) is 5.26 Å². The minimum absolute atomic E-state index is 0.0462. The largest absolute Gasteiger partial charge is 0.349 e. The Kier molecular flexibility index (Phi) is 7.69. The van der Waals surface area contributed by atoms with Crippen LogP contribution in [0.1, 0.15) is 11.4 Å². The molecule has 1 unspecified atom stereocenters. The highest BCUT2D eigenvalue weighted by Crippen LogP contribution is 2.28. The highest BCUT2D eigenvalue weighted by molar-refractivity contribution is 7.88. The molecule has 2 aromatic carbocycles. The average Bonchev–Trinajstić information content (AvgIpc) is 3.16. The van der Waals surface area contributed by atoms with Crippen molar-refractivity contribution in [3.63, 3.8) is 0 Å². The fourth-order valence-corrected chi connectivity index (χ4v) is 4.53. The van der Waals surface area contributed by atoms with Crippen molar-refractivity contribution in [1.82, 2.24) is 15.0 Å². The average molecular weight is 471 g/mol. The van der Waals surface area contributed by atoms with Crippen molar-refractivity contribution in [3.8, 4) is 17.2 Å². The fourth-order valence-electron chi connectivity index (χ4n) is 3.02. The topological polar surface area (TPSA) is 129 Å². The van der Waals surface area contributed by atoms with Crippen molar-refractivity contribution < 1.29 is 18.0 Å². The molecule has 3 aromatic rings. The van der Waals surface area contributed by atoms with Gasteiger partial charge >= 0.3 is 0 Å². The number of nitriles is 1. The van der Waals surface area contributed by atoms with Gasteiger partial charge in [-0.1, -0.05) is 36.4 Å². The highest BCUT2D eigenvalue weighted by atomic mass is 32.2. The van der Waals surface area contributed by atoms with E-state index in [0.29, 0.717) is 5.01 Å². The number of rotatable bonds is 10. The monoisotopic (exact) mass is 470 g/mol. The van der Waals surface area contributed by atoms with E-state index in [2.05, 4.69) is 15.0 Å². The van der Waals surface area contributed by atoms with Crippen molar-refractivity contribution in [2.75, 3.05) is 19.3 Å². The van der Waals surface area contributed by atoms with Gasteiger partial charge in [0.05, 0.1) is 41.4 Å². The highest BCUT2D eigenvalue weighted by Gasteiger charge is 2.16. The SMILES string of the molecule is CS(=O)(=O)NCC(C#N)CC(=O)CNC(=O)Cc1nc2ccc(-c3ccccc3)cc2s1. The van der Waals surface area contributed by atoms with E-state index in [4.69, 9.17) is 5.26 Å². The smallest absolute Gasteiger partial charge is 0.227 e. The summed E-state index contributed by atoms with van der Waals surface area (Å²) in [6.07, 6.45) is 0.876. The number of nitrogens with one attached hydrogen (secondary N) is 2. The Morgan fingerprint density at radius 1 is 1.16 bits per heavy atom. The molecule has 0 spiro atoms. The Hall–Kier alpha value is -3.13. The molecular weight excluding hydrogens is 448 g/mol. The Balaban J connectivity index is 1.53. The van der Waals surface area contributed by atoms with Crippen LogP contribution in [-0.2, 0) is 26.0 Å². The third-order valence-electron chi connectivity index (χ3n) is 4.58. The number of Topliss-reactive ketones (excluding diaryl/α,β-unsaturated/α-hetero) is 1. The number of hydrogen-bond acceptors (Lipinski definition) is 7. The molecule has 1 aromatic heterocycles. The zero-order chi connectivity index (χ0) is 23.1. The third kappa shape index (κ3) is 6.95. The predicted octanol–water partition coefficient (Wildman–Crippen LogP) is 2.27. The van der Waals surface area contributed by atoms with E-state index < -0.39 is 15.9 Å². The number of hydrogen-bond donors (Lipinski definition) is 2. The van der Waals surface area contributed by atoms with Crippen LogP contribution in [0.3, 0.4) is 0 Å². The van der Waals surface area contributed by atoms with Gasteiger partial charge in [-0.3, -0.25) is 9.59 Å². The van der Waals surface area contributed by atoms with Gasteiger partial charge in [-0.25, -0.2) is 18.1 Å². The van der Waals surface area contributed by atoms with Crippen LogP contribution in [0.5, 0.6) is 0 Å². The standard InChI is InChI=1S/C22H22N4O4S2/c1-32(29,30)25-13-15(12-23)9-18(27)14-24-21(28)11-22-26-19-8-7-17(10-20(19)31-22)16-5-3-2-4-6-16/h2-8,10,15,25H,9,11,13-14H2,1H3,(H,24,28). The quantitative estimate of drug-likeness (QED) is 0.468. The summed E-state index contributed by atoms with van der Waals surface area (Å²) in [5, 5.41) is 12.3. The van der Waals surface area contributed by atoms with Crippen molar-refractivity contribution in [2.45, 2.75) is 12.8 Å². The lowest BCUT2D eigenvalue weighted by molar-refractivity contribution is -0.125. The number of fused-ring (bicyclic) bond motifs is 1. The Morgan fingerprint density at radius 2 is 1.91 bits per heavy atom. The van der Waals surface area contributed by atoms with Crippen LogP contribution in [0.2, 0.25) is 0 Å². The number of nitrogens with zero attached hydrogens (tertiary/aromatic N) is 2. The summed E-state index contributed by atoms with van der Waals surface area (Å²) < 4.78 is 25.4. The summed E-state index contributed by atoms with van der Waals surface area (Å²) >= 11 is 1.43. The number of aromatic nitrogens is 1. The second kappa shape index (κ2) is 10.5. The van der Waals surface area contributed by atoms with Crippen molar-refractivity contribution >= 4 is 43.3 Å². The van der Waals surface area contributed by atoms with Gasteiger partial charge in [0.15, 0.2) is 5.78 Å². The fraction of sp³-hybridized carbons (Fsp3) is 0.273. The molecule has 1 amide bonds. The molecule has 1 heterocycles. The first kappa shape index (κ1) is 23.5. The Morgan fingerprint density at radius 3 is 2.59 bits per heavy atom. The lowest BCUT2D eigenvalue weighted by Gasteiger charge is -2.09. The molecule has 1 atom stereocenters. The number of carbonyl (C=O) groups excluding carboxylic acids is 2. The van der Waals surface area contributed by atoms with Crippen LogP contribution < -0.4 is 10.0 Å². The van der Waals surface area contributed by atoms with Gasteiger partial charge in [0, 0.05) is 13.0 Å². The second-order valence-corrected chi connectivity index (χ2v) is 10.2. The van der Waals surface area contributed by atoms with Crippen LogP contribution in [-0.4, -0.2) is 44.4 Å².